The molecule has 4 rings (SSSR count). The molecule has 2 aliphatic heterocycles. The minimum absolute atomic E-state index is 0.0564. The van der Waals surface area contributed by atoms with Crippen molar-refractivity contribution in [2.24, 2.45) is 5.92 Å². The van der Waals surface area contributed by atoms with Gasteiger partial charge in [0.05, 0.1) is 45.2 Å². The molecule has 0 radical (unpaired) electrons. The molecule has 9 nitrogen and oxygen atoms in total. The summed E-state index contributed by atoms with van der Waals surface area (Å²) in [6, 6.07) is 9.98. The normalized spacial score (nSPS) is 18.8. The molecule has 2 saturated heterocycles. The van der Waals surface area contributed by atoms with E-state index in [0.29, 0.717) is 73.8 Å². The number of aryl methyl sites for hydroxylation is 1. The Morgan fingerprint density at radius 1 is 1.00 bits per heavy atom. The second kappa shape index (κ2) is 15.3. The van der Waals surface area contributed by atoms with Crippen molar-refractivity contribution < 1.29 is 33.6 Å². The van der Waals surface area contributed by atoms with Gasteiger partial charge in [-0.1, -0.05) is 39.7 Å². The Morgan fingerprint density at radius 3 is 2.42 bits per heavy atom. The van der Waals surface area contributed by atoms with Crippen molar-refractivity contribution >= 4 is 17.4 Å². The Bertz CT molecular complexity index is 1300. The summed E-state index contributed by atoms with van der Waals surface area (Å²) in [4.78, 5) is 30.9. The Hall–Kier alpha value is -3.56. The molecule has 1 unspecified atom stereocenters. The molecule has 0 aromatic heterocycles. The highest BCUT2D eigenvalue weighted by Gasteiger charge is 2.46. The van der Waals surface area contributed by atoms with Gasteiger partial charge in [-0.3, -0.25) is 14.5 Å². The first-order valence-corrected chi connectivity index (χ1v) is 15.4. The maximum absolute atomic E-state index is 13.6. The average Bonchev–Trinajstić information content (AvgIpc) is 3.26. The number of carbonyl (C=O) groups excluding carboxylic acids is 2. The summed E-state index contributed by atoms with van der Waals surface area (Å²) in [7, 11) is 1.57. The maximum Gasteiger partial charge on any atom is 0.295 e. The lowest BCUT2D eigenvalue weighted by atomic mass is 9.94. The Labute approximate surface area is 255 Å². The third-order valence-corrected chi connectivity index (χ3v) is 7.83. The standard InChI is InChI=1S/C34H46N2O7/c1-6-7-8-17-42-28-12-9-25(21-29(28)40-5)31-30(32(37)26-10-11-27(24(4)20-26)43-22-23(2)3)33(38)34(39)36(31)14-13-35-15-18-41-19-16-35/h9-12,20-21,23,31,37H,6-8,13-19,22H2,1-5H3/b32-30+. The molecule has 2 aromatic rings. The quantitative estimate of drug-likeness (QED) is 0.135. The lowest BCUT2D eigenvalue weighted by molar-refractivity contribution is -0.140. The van der Waals surface area contributed by atoms with Crippen LogP contribution in [0.3, 0.4) is 0 Å². The van der Waals surface area contributed by atoms with E-state index < -0.39 is 17.7 Å². The molecule has 1 N–H and O–H groups in total. The fourth-order valence-electron chi connectivity index (χ4n) is 5.41. The fraction of sp³-hybridized carbons (Fsp3) is 0.529. The molecule has 1 amide bonds. The Morgan fingerprint density at radius 2 is 1.74 bits per heavy atom. The molecule has 234 valence electrons. The monoisotopic (exact) mass is 594 g/mol. The van der Waals surface area contributed by atoms with Crippen molar-refractivity contribution in [2.45, 2.75) is 53.0 Å². The van der Waals surface area contributed by atoms with E-state index in [0.717, 1.165) is 37.9 Å². The van der Waals surface area contributed by atoms with Crippen LogP contribution in [0.5, 0.6) is 17.2 Å². The summed E-state index contributed by atoms with van der Waals surface area (Å²) in [6.45, 7) is 13.0. The van der Waals surface area contributed by atoms with Gasteiger partial charge in [-0.05, 0) is 60.7 Å². The highest BCUT2D eigenvalue weighted by molar-refractivity contribution is 6.46. The third-order valence-electron chi connectivity index (χ3n) is 7.83. The third kappa shape index (κ3) is 7.89. The van der Waals surface area contributed by atoms with E-state index in [-0.39, 0.29) is 11.3 Å². The van der Waals surface area contributed by atoms with Crippen LogP contribution in [0.15, 0.2) is 42.0 Å². The predicted octanol–water partition coefficient (Wildman–Crippen LogP) is 5.36. The molecule has 0 saturated carbocycles. The lowest BCUT2D eigenvalue weighted by Gasteiger charge is -2.31. The van der Waals surface area contributed by atoms with E-state index in [9.17, 15) is 14.7 Å². The SMILES string of the molecule is CCCCCOc1ccc(C2/C(=C(\O)c3ccc(OCC(C)C)c(C)c3)C(=O)C(=O)N2CCN2CCOCC2)cc1OC. The van der Waals surface area contributed by atoms with Crippen molar-refractivity contribution in [1.82, 2.24) is 9.80 Å². The molecule has 2 aromatic carbocycles. The van der Waals surface area contributed by atoms with Crippen molar-refractivity contribution in [3.8, 4) is 17.2 Å². The molecule has 2 aliphatic rings. The summed E-state index contributed by atoms with van der Waals surface area (Å²) < 4.78 is 23.0. The van der Waals surface area contributed by atoms with E-state index in [1.807, 2.05) is 19.1 Å². The van der Waals surface area contributed by atoms with Gasteiger partial charge in [0.1, 0.15) is 11.5 Å². The molecule has 9 heteroatoms. The first kappa shape index (κ1) is 32.4. The maximum atomic E-state index is 13.6. The summed E-state index contributed by atoms with van der Waals surface area (Å²) in [5.74, 6) is 0.636. The number of hydrogen-bond donors (Lipinski definition) is 1. The lowest BCUT2D eigenvalue weighted by Crippen LogP contribution is -2.42. The van der Waals surface area contributed by atoms with Gasteiger partial charge >= 0.3 is 0 Å². The number of likely N-dealkylation sites (tertiary alicyclic amines) is 1. The summed E-state index contributed by atoms with van der Waals surface area (Å²) in [5.41, 5.74) is 2.00. The smallest absolute Gasteiger partial charge is 0.295 e. The van der Waals surface area contributed by atoms with E-state index >= 15 is 0 Å². The molecule has 0 aliphatic carbocycles. The molecule has 2 fully saturated rings. The number of hydrogen-bond acceptors (Lipinski definition) is 8. The second-order valence-electron chi connectivity index (χ2n) is 11.6. The second-order valence-corrected chi connectivity index (χ2v) is 11.6. The van der Waals surface area contributed by atoms with Crippen LogP contribution in [-0.2, 0) is 14.3 Å². The van der Waals surface area contributed by atoms with Gasteiger partial charge in [-0.2, -0.15) is 0 Å². The zero-order valence-electron chi connectivity index (χ0n) is 26.2. The Kier molecular flexibility index (Phi) is 11.5. The predicted molar refractivity (Wildman–Crippen MR) is 166 cm³/mol. The number of aliphatic hydroxyl groups is 1. The van der Waals surface area contributed by atoms with Crippen molar-refractivity contribution in [2.75, 3.05) is 59.7 Å². The number of nitrogens with zero attached hydrogens (tertiary/aromatic N) is 2. The number of Topliss-reactive ketones (excluding diaryl/α,β-unsaturated/α-hetero) is 1. The molecule has 43 heavy (non-hydrogen) atoms. The number of unbranched alkanes of at least 4 members (excludes halogenated alkanes) is 2. The van der Waals surface area contributed by atoms with Crippen LogP contribution in [-0.4, -0.2) is 86.3 Å². The van der Waals surface area contributed by atoms with Crippen molar-refractivity contribution in [3.05, 3.63) is 58.7 Å². The molecule has 0 bridgehead atoms. The average molecular weight is 595 g/mol. The van der Waals surface area contributed by atoms with Gasteiger partial charge in [-0.15, -0.1) is 0 Å². The van der Waals surface area contributed by atoms with Crippen LogP contribution in [0.25, 0.3) is 5.76 Å². The van der Waals surface area contributed by atoms with Crippen LogP contribution in [0.2, 0.25) is 0 Å². The summed E-state index contributed by atoms with van der Waals surface area (Å²) in [5, 5.41) is 11.6. The van der Waals surface area contributed by atoms with E-state index in [1.54, 1.807) is 36.3 Å². The molecular weight excluding hydrogens is 548 g/mol. The number of ether oxygens (including phenoxy) is 4. The van der Waals surface area contributed by atoms with Crippen molar-refractivity contribution in [3.63, 3.8) is 0 Å². The first-order valence-electron chi connectivity index (χ1n) is 15.4. The number of morpholine rings is 1. The van der Waals surface area contributed by atoms with Gasteiger partial charge < -0.3 is 29.0 Å². The summed E-state index contributed by atoms with van der Waals surface area (Å²) in [6.07, 6.45) is 3.10. The van der Waals surface area contributed by atoms with Crippen LogP contribution in [0, 0.1) is 12.8 Å². The number of ketones is 1. The topological polar surface area (TPSA) is 97.8 Å². The van der Waals surface area contributed by atoms with Gasteiger partial charge in [0.25, 0.3) is 11.7 Å². The van der Waals surface area contributed by atoms with Gasteiger partial charge in [0.15, 0.2) is 11.5 Å². The zero-order chi connectivity index (χ0) is 30.9. The first-order chi connectivity index (χ1) is 20.7. The fourth-order valence-corrected chi connectivity index (χ4v) is 5.41. The number of benzene rings is 2. The van der Waals surface area contributed by atoms with Gasteiger partial charge in [0, 0.05) is 31.7 Å². The highest BCUT2D eigenvalue weighted by Crippen LogP contribution is 2.42. The van der Waals surface area contributed by atoms with Gasteiger partial charge in [-0.25, -0.2) is 0 Å². The number of methoxy groups -OCH3 is 1. The van der Waals surface area contributed by atoms with Crippen LogP contribution in [0.1, 0.15) is 62.8 Å². The number of aliphatic hydroxyl groups excluding tert-OH is 1. The summed E-state index contributed by atoms with van der Waals surface area (Å²) >= 11 is 0. The van der Waals surface area contributed by atoms with Crippen molar-refractivity contribution in [1.29, 1.82) is 0 Å². The van der Waals surface area contributed by atoms with E-state index in [1.165, 1.54) is 0 Å². The van der Waals surface area contributed by atoms with Crippen LogP contribution < -0.4 is 14.2 Å². The number of amides is 1. The minimum Gasteiger partial charge on any atom is -0.507 e. The van der Waals surface area contributed by atoms with Crippen LogP contribution in [0.4, 0.5) is 0 Å². The van der Waals surface area contributed by atoms with Gasteiger partial charge in [0.2, 0.25) is 0 Å². The Balaban J connectivity index is 1.71. The van der Waals surface area contributed by atoms with Crippen LogP contribution >= 0.6 is 0 Å². The number of rotatable bonds is 14. The highest BCUT2D eigenvalue weighted by atomic mass is 16.5. The van der Waals surface area contributed by atoms with E-state index in [4.69, 9.17) is 18.9 Å². The zero-order valence-corrected chi connectivity index (χ0v) is 26.2. The molecule has 2 heterocycles. The molecule has 1 atom stereocenters. The molecular formula is C34H46N2O7. The number of carbonyl (C=O) groups is 2. The van der Waals surface area contributed by atoms with E-state index in [2.05, 4.69) is 25.7 Å². The molecule has 0 spiro atoms. The largest absolute Gasteiger partial charge is 0.507 e. The minimum atomic E-state index is -0.791.